The van der Waals surface area contributed by atoms with E-state index in [-0.39, 0.29) is 0 Å². The maximum absolute atomic E-state index is 5.45. The Morgan fingerprint density at radius 3 is 2.43 bits per heavy atom. The zero-order valence-electron chi connectivity index (χ0n) is 13.0. The molecule has 1 aromatic carbocycles. The molecule has 0 saturated heterocycles. The molecule has 0 unspecified atom stereocenters. The molecule has 4 nitrogen and oxygen atoms in total. The molecule has 1 N–H and O–H groups in total. The standard InChI is InChI=1S/C17H23N3O/c1-17(2)10-8-12(9-11-17)15-19-16(21-20-15)13-4-6-14(18-3)7-5-13/h4-7,12,18H,8-11H2,1-3H3. The van der Waals surface area contributed by atoms with Crippen molar-refractivity contribution in [2.45, 2.75) is 45.4 Å². The van der Waals surface area contributed by atoms with Crippen LogP contribution in [0, 0.1) is 5.41 Å². The fraction of sp³-hybridized carbons (Fsp3) is 0.529. The fourth-order valence-corrected chi connectivity index (χ4v) is 2.95. The zero-order chi connectivity index (χ0) is 14.9. The molecular formula is C17H23N3O. The van der Waals surface area contributed by atoms with Crippen LogP contribution in [0.4, 0.5) is 5.69 Å². The molecule has 1 fully saturated rings. The minimum atomic E-state index is 0.451. The van der Waals surface area contributed by atoms with Gasteiger partial charge in [-0.15, -0.1) is 0 Å². The third-order valence-electron chi connectivity index (χ3n) is 4.57. The highest BCUT2D eigenvalue weighted by Gasteiger charge is 2.30. The predicted octanol–water partition coefficient (Wildman–Crippen LogP) is 4.46. The molecule has 0 bridgehead atoms. The summed E-state index contributed by atoms with van der Waals surface area (Å²) in [4.78, 5) is 4.61. The lowest BCUT2D eigenvalue weighted by atomic mass is 9.73. The van der Waals surface area contributed by atoms with Crippen LogP contribution in [-0.4, -0.2) is 17.2 Å². The Hall–Kier alpha value is -1.84. The monoisotopic (exact) mass is 285 g/mol. The molecule has 0 radical (unpaired) electrons. The van der Waals surface area contributed by atoms with Crippen molar-refractivity contribution in [2.75, 3.05) is 12.4 Å². The van der Waals surface area contributed by atoms with Crippen molar-refractivity contribution in [3.8, 4) is 11.5 Å². The van der Waals surface area contributed by atoms with E-state index >= 15 is 0 Å². The first kappa shape index (κ1) is 14.1. The summed E-state index contributed by atoms with van der Waals surface area (Å²) >= 11 is 0. The van der Waals surface area contributed by atoms with Crippen molar-refractivity contribution >= 4 is 5.69 Å². The largest absolute Gasteiger partial charge is 0.388 e. The molecule has 1 heterocycles. The summed E-state index contributed by atoms with van der Waals surface area (Å²) in [5.41, 5.74) is 2.52. The van der Waals surface area contributed by atoms with Gasteiger partial charge in [-0.1, -0.05) is 19.0 Å². The number of anilines is 1. The molecule has 2 aromatic rings. The number of aromatic nitrogens is 2. The van der Waals surface area contributed by atoms with Crippen molar-refractivity contribution in [3.05, 3.63) is 30.1 Å². The fourth-order valence-electron chi connectivity index (χ4n) is 2.95. The van der Waals surface area contributed by atoms with Crippen LogP contribution < -0.4 is 5.32 Å². The lowest BCUT2D eigenvalue weighted by Crippen LogP contribution is -2.20. The summed E-state index contributed by atoms with van der Waals surface area (Å²) < 4.78 is 5.45. The van der Waals surface area contributed by atoms with E-state index in [0.29, 0.717) is 17.2 Å². The first-order chi connectivity index (χ1) is 10.1. The van der Waals surface area contributed by atoms with Gasteiger partial charge in [-0.2, -0.15) is 4.98 Å². The SMILES string of the molecule is CNc1ccc(-c2nc(C3CCC(C)(C)CC3)no2)cc1. The highest BCUT2D eigenvalue weighted by molar-refractivity contribution is 5.58. The van der Waals surface area contributed by atoms with Crippen LogP contribution in [0.3, 0.4) is 0 Å². The second kappa shape index (κ2) is 5.51. The van der Waals surface area contributed by atoms with Gasteiger partial charge in [0, 0.05) is 24.2 Å². The number of hydrogen-bond acceptors (Lipinski definition) is 4. The van der Waals surface area contributed by atoms with Crippen LogP contribution in [0.2, 0.25) is 0 Å². The van der Waals surface area contributed by atoms with Crippen molar-refractivity contribution in [3.63, 3.8) is 0 Å². The van der Waals surface area contributed by atoms with Crippen LogP contribution in [0.5, 0.6) is 0 Å². The van der Waals surface area contributed by atoms with Gasteiger partial charge >= 0.3 is 0 Å². The smallest absolute Gasteiger partial charge is 0.257 e. The lowest BCUT2D eigenvalue weighted by molar-refractivity contribution is 0.218. The molecule has 0 atom stereocenters. The minimum Gasteiger partial charge on any atom is -0.388 e. The minimum absolute atomic E-state index is 0.451. The van der Waals surface area contributed by atoms with Crippen LogP contribution in [0.25, 0.3) is 11.5 Å². The third kappa shape index (κ3) is 3.09. The quantitative estimate of drug-likeness (QED) is 0.904. The summed E-state index contributed by atoms with van der Waals surface area (Å²) in [6.07, 6.45) is 4.78. The molecule has 112 valence electrons. The average Bonchev–Trinajstić information content (AvgIpc) is 2.97. The van der Waals surface area contributed by atoms with Crippen molar-refractivity contribution in [2.24, 2.45) is 5.41 Å². The summed E-state index contributed by atoms with van der Waals surface area (Å²) in [6, 6.07) is 8.05. The number of hydrogen-bond donors (Lipinski definition) is 1. The van der Waals surface area contributed by atoms with Gasteiger partial charge in [-0.05, 0) is 55.4 Å². The van der Waals surface area contributed by atoms with E-state index in [0.717, 1.165) is 29.9 Å². The van der Waals surface area contributed by atoms with Crippen molar-refractivity contribution in [1.82, 2.24) is 10.1 Å². The molecule has 1 aromatic heterocycles. The Balaban J connectivity index is 1.74. The van der Waals surface area contributed by atoms with Gasteiger partial charge < -0.3 is 9.84 Å². The van der Waals surface area contributed by atoms with Gasteiger partial charge in [-0.3, -0.25) is 0 Å². The second-order valence-corrected chi connectivity index (χ2v) is 6.72. The first-order valence-electron chi connectivity index (χ1n) is 7.69. The summed E-state index contributed by atoms with van der Waals surface area (Å²) in [6.45, 7) is 4.68. The number of nitrogens with zero attached hydrogens (tertiary/aromatic N) is 2. The highest BCUT2D eigenvalue weighted by atomic mass is 16.5. The van der Waals surface area contributed by atoms with Crippen LogP contribution in [-0.2, 0) is 0 Å². The predicted molar refractivity (Wildman–Crippen MR) is 84.3 cm³/mol. The summed E-state index contributed by atoms with van der Waals surface area (Å²) in [5.74, 6) is 1.95. The molecule has 3 rings (SSSR count). The van der Waals surface area contributed by atoms with E-state index in [9.17, 15) is 0 Å². The van der Waals surface area contributed by atoms with Crippen molar-refractivity contribution < 1.29 is 4.52 Å². The average molecular weight is 285 g/mol. The van der Waals surface area contributed by atoms with Crippen LogP contribution in [0.15, 0.2) is 28.8 Å². The molecule has 21 heavy (non-hydrogen) atoms. The molecular weight excluding hydrogens is 262 g/mol. The Morgan fingerprint density at radius 2 is 1.81 bits per heavy atom. The molecule has 1 saturated carbocycles. The van der Waals surface area contributed by atoms with Crippen LogP contribution in [0.1, 0.15) is 51.3 Å². The van der Waals surface area contributed by atoms with E-state index in [1.54, 1.807) is 0 Å². The van der Waals surface area contributed by atoms with Crippen LogP contribution >= 0.6 is 0 Å². The Morgan fingerprint density at radius 1 is 1.14 bits per heavy atom. The van der Waals surface area contributed by atoms with E-state index in [4.69, 9.17) is 4.52 Å². The summed E-state index contributed by atoms with van der Waals surface area (Å²) in [5, 5.41) is 7.31. The Labute approximate surface area is 126 Å². The van der Waals surface area contributed by atoms with E-state index in [1.165, 1.54) is 12.8 Å². The van der Waals surface area contributed by atoms with E-state index < -0.39 is 0 Å². The molecule has 0 aliphatic heterocycles. The molecule has 0 amide bonds. The first-order valence-corrected chi connectivity index (χ1v) is 7.69. The Kier molecular flexibility index (Phi) is 3.70. The van der Waals surface area contributed by atoms with E-state index in [1.807, 2.05) is 31.3 Å². The topological polar surface area (TPSA) is 51.0 Å². The molecule has 1 aliphatic rings. The van der Waals surface area contributed by atoms with Crippen molar-refractivity contribution in [1.29, 1.82) is 0 Å². The Bertz CT molecular complexity index is 591. The van der Waals surface area contributed by atoms with Gasteiger partial charge in [0.05, 0.1) is 0 Å². The number of rotatable bonds is 3. The highest BCUT2D eigenvalue weighted by Crippen LogP contribution is 2.41. The molecule has 0 spiro atoms. The zero-order valence-corrected chi connectivity index (χ0v) is 13.0. The third-order valence-corrected chi connectivity index (χ3v) is 4.57. The molecule has 1 aliphatic carbocycles. The second-order valence-electron chi connectivity index (χ2n) is 6.72. The lowest BCUT2D eigenvalue weighted by Gasteiger charge is -2.32. The molecule has 4 heteroatoms. The normalized spacial score (nSPS) is 18.6. The van der Waals surface area contributed by atoms with Gasteiger partial charge in [0.1, 0.15) is 0 Å². The van der Waals surface area contributed by atoms with E-state index in [2.05, 4.69) is 29.3 Å². The number of benzene rings is 1. The summed E-state index contributed by atoms with van der Waals surface area (Å²) in [7, 11) is 1.91. The number of nitrogens with one attached hydrogen (secondary N) is 1. The van der Waals surface area contributed by atoms with Gasteiger partial charge in [0.2, 0.25) is 0 Å². The maximum Gasteiger partial charge on any atom is 0.257 e. The van der Waals surface area contributed by atoms with Gasteiger partial charge in [0.25, 0.3) is 5.89 Å². The van der Waals surface area contributed by atoms with Gasteiger partial charge in [0.15, 0.2) is 5.82 Å². The van der Waals surface area contributed by atoms with Gasteiger partial charge in [-0.25, -0.2) is 0 Å². The maximum atomic E-state index is 5.45.